The van der Waals surface area contributed by atoms with Gasteiger partial charge in [-0.05, 0) is 49.6 Å². The van der Waals surface area contributed by atoms with Crippen LogP contribution in [0.15, 0.2) is 36.5 Å². The lowest BCUT2D eigenvalue weighted by Crippen LogP contribution is -2.37. The number of rotatable bonds is 6. The van der Waals surface area contributed by atoms with Crippen LogP contribution in [0, 0.1) is 12.8 Å². The summed E-state index contributed by atoms with van der Waals surface area (Å²) in [6, 6.07) is 8.99. The van der Waals surface area contributed by atoms with Gasteiger partial charge in [-0.25, -0.2) is 4.79 Å². The Labute approximate surface area is 170 Å². The fourth-order valence-corrected chi connectivity index (χ4v) is 3.23. The predicted octanol–water partition coefficient (Wildman–Crippen LogP) is 3.15. The number of hydrogen-bond acceptors (Lipinski definition) is 5. The monoisotopic (exact) mass is 397 g/mol. The molecule has 1 aromatic carbocycles. The number of aliphatic hydroxyl groups excluding tert-OH is 1. The molecule has 29 heavy (non-hydrogen) atoms. The van der Waals surface area contributed by atoms with Crippen molar-refractivity contribution < 1.29 is 19.4 Å². The van der Waals surface area contributed by atoms with Crippen molar-refractivity contribution in [3.63, 3.8) is 0 Å². The molecule has 1 aliphatic rings. The standard InChI is InChI=1S/C22H27N3O4/c1-13(2)20-12-29-22(28)25(20)18-8-16(19-6-5-14(3)10-23-19)7-17(9-18)21(27)24-11-15(4)26/h5-10,13,15,20,26H,11-12H2,1-4H3,(H,24,27). The minimum Gasteiger partial charge on any atom is -0.447 e. The maximum absolute atomic E-state index is 12.7. The third-order valence-electron chi connectivity index (χ3n) is 4.90. The second-order valence-electron chi connectivity index (χ2n) is 7.81. The van der Waals surface area contributed by atoms with E-state index in [1.54, 1.807) is 30.2 Å². The van der Waals surface area contributed by atoms with Crippen LogP contribution >= 0.6 is 0 Å². The Hall–Kier alpha value is -2.93. The van der Waals surface area contributed by atoms with Crippen LogP contribution in [-0.4, -0.2) is 47.4 Å². The number of anilines is 1. The van der Waals surface area contributed by atoms with Crippen molar-refractivity contribution in [2.45, 2.75) is 39.8 Å². The topological polar surface area (TPSA) is 91.8 Å². The number of aliphatic hydroxyl groups is 1. The molecular weight excluding hydrogens is 370 g/mol. The van der Waals surface area contributed by atoms with E-state index in [2.05, 4.69) is 10.3 Å². The summed E-state index contributed by atoms with van der Waals surface area (Å²) in [6.45, 7) is 8.07. The van der Waals surface area contributed by atoms with E-state index in [0.717, 1.165) is 11.1 Å². The molecule has 1 aliphatic heterocycles. The van der Waals surface area contributed by atoms with Gasteiger partial charge in [0.2, 0.25) is 0 Å². The number of pyridine rings is 1. The molecule has 2 amide bonds. The summed E-state index contributed by atoms with van der Waals surface area (Å²) >= 11 is 0. The van der Waals surface area contributed by atoms with Crippen LogP contribution in [-0.2, 0) is 4.74 Å². The molecule has 154 valence electrons. The van der Waals surface area contributed by atoms with Gasteiger partial charge < -0.3 is 15.2 Å². The lowest BCUT2D eigenvalue weighted by molar-refractivity contribution is 0.0924. The number of amides is 2. The lowest BCUT2D eigenvalue weighted by Gasteiger charge is -2.25. The smallest absolute Gasteiger partial charge is 0.414 e. The van der Waals surface area contributed by atoms with E-state index in [1.165, 1.54) is 0 Å². The van der Waals surface area contributed by atoms with Crippen LogP contribution in [0.2, 0.25) is 0 Å². The number of cyclic esters (lactones) is 1. The number of carbonyl (C=O) groups excluding carboxylic acids is 2. The molecule has 0 spiro atoms. The van der Waals surface area contributed by atoms with E-state index in [0.29, 0.717) is 23.6 Å². The first kappa shape index (κ1) is 20.8. The number of ether oxygens (including phenoxy) is 1. The van der Waals surface area contributed by atoms with E-state index in [-0.39, 0.29) is 24.4 Å². The molecule has 2 N–H and O–H groups in total. The van der Waals surface area contributed by atoms with E-state index in [4.69, 9.17) is 4.74 Å². The first-order valence-electron chi connectivity index (χ1n) is 9.76. The Kier molecular flexibility index (Phi) is 6.17. The highest BCUT2D eigenvalue weighted by Crippen LogP contribution is 2.32. The van der Waals surface area contributed by atoms with Gasteiger partial charge in [0.25, 0.3) is 5.91 Å². The van der Waals surface area contributed by atoms with Gasteiger partial charge >= 0.3 is 6.09 Å². The number of hydrogen-bond donors (Lipinski definition) is 2. The van der Waals surface area contributed by atoms with Crippen molar-refractivity contribution in [3.8, 4) is 11.3 Å². The largest absolute Gasteiger partial charge is 0.447 e. The van der Waals surface area contributed by atoms with Gasteiger partial charge in [-0.2, -0.15) is 0 Å². The number of aryl methyl sites for hydroxylation is 1. The molecule has 7 nitrogen and oxygen atoms in total. The average Bonchev–Trinajstić information content (AvgIpc) is 3.08. The van der Waals surface area contributed by atoms with Gasteiger partial charge in [0.05, 0.1) is 17.8 Å². The average molecular weight is 397 g/mol. The molecule has 0 saturated carbocycles. The van der Waals surface area contributed by atoms with Crippen molar-refractivity contribution in [3.05, 3.63) is 47.7 Å². The second-order valence-corrected chi connectivity index (χ2v) is 7.81. The number of carbonyl (C=O) groups is 2. The highest BCUT2D eigenvalue weighted by molar-refractivity contribution is 5.99. The maximum atomic E-state index is 12.7. The van der Waals surface area contributed by atoms with Crippen LogP contribution in [0.3, 0.4) is 0 Å². The van der Waals surface area contributed by atoms with E-state index in [9.17, 15) is 14.7 Å². The molecule has 1 aromatic heterocycles. The van der Waals surface area contributed by atoms with Crippen molar-refractivity contribution in [2.24, 2.45) is 5.92 Å². The molecule has 2 atom stereocenters. The van der Waals surface area contributed by atoms with E-state index < -0.39 is 12.2 Å². The van der Waals surface area contributed by atoms with Crippen LogP contribution in [0.5, 0.6) is 0 Å². The number of nitrogens with one attached hydrogen (secondary N) is 1. The minimum atomic E-state index is -0.653. The van der Waals surface area contributed by atoms with Crippen LogP contribution in [0.25, 0.3) is 11.3 Å². The summed E-state index contributed by atoms with van der Waals surface area (Å²) in [6.07, 6.45) is 0.684. The number of benzene rings is 1. The quantitative estimate of drug-likeness (QED) is 0.781. The van der Waals surface area contributed by atoms with Crippen molar-refractivity contribution in [1.29, 1.82) is 0 Å². The van der Waals surface area contributed by atoms with Gasteiger partial charge in [-0.1, -0.05) is 19.9 Å². The first-order valence-corrected chi connectivity index (χ1v) is 9.76. The zero-order valence-corrected chi connectivity index (χ0v) is 17.2. The van der Waals surface area contributed by atoms with Gasteiger partial charge in [0.15, 0.2) is 0 Å². The Bertz CT molecular complexity index is 893. The molecule has 0 aliphatic carbocycles. The van der Waals surface area contributed by atoms with E-state index in [1.807, 2.05) is 39.0 Å². The maximum Gasteiger partial charge on any atom is 0.414 e. The van der Waals surface area contributed by atoms with Crippen LogP contribution in [0.4, 0.5) is 10.5 Å². The molecule has 7 heteroatoms. The zero-order valence-electron chi connectivity index (χ0n) is 17.2. The summed E-state index contributed by atoms with van der Waals surface area (Å²) in [7, 11) is 0. The molecule has 1 saturated heterocycles. The Morgan fingerprint density at radius 1 is 1.31 bits per heavy atom. The van der Waals surface area contributed by atoms with Gasteiger partial charge in [0.1, 0.15) is 6.61 Å². The Balaban J connectivity index is 2.06. The summed E-state index contributed by atoms with van der Waals surface area (Å²) in [5.74, 6) is -0.134. The summed E-state index contributed by atoms with van der Waals surface area (Å²) in [4.78, 5) is 31.2. The SMILES string of the molecule is Cc1ccc(-c2cc(C(=O)NCC(C)O)cc(N3C(=O)OCC3C(C)C)c2)nc1. The van der Waals surface area contributed by atoms with Gasteiger partial charge in [0, 0.05) is 29.6 Å². The molecule has 0 radical (unpaired) electrons. The lowest BCUT2D eigenvalue weighted by atomic mass is 10.0. The third-order valence-corrected chi connectivity index (χ3v) is 4.90. The summed E-state index contributed by atoms with van der Waals surface area (Å²) in [5, 5.41) is 12.2. The summed E-state index contributed by atoms with van der Waals surface area (Å²) < 4.78 is 5.27. The molecule has 3 rings (SSSR count). The predicted molar refractivity (Wildman–Crippen MR) is 111 cm³/mol. The highest BCUT2D eigenvalue weighted by atomic mass is 16.6. The highest BCUT2D eigenvalue weighted by Gasteiger charge is 2.36. The molecule has 2 heterocycles. The summed E-state index contributed by atoms with van der Waals surface area (Å²) in [5.41, 5.74) is 3.45. The van der Waals surface area contributed by atoms with Crippen LogP contribution in [0.1, 0.15) is 36.7 Å². The van der Waals surface area contributed by atoms with Crippen molar-refractivity contribution >= 4 is 17.7 Å². The van der Waals surface area contributed by atoms with Gasteiger partial charge in [-0.3, -0.25) is 14.7 Å². The van der Waals surface area contributed by atoms with Crippen molar-refractivity contribution in [2.75, 3.05) is 18.1 Å². The second kappa shape index (κ2) is 8.61. The third kappa shape index (κ3) is 4.74. The van der Waals surface area contributed by atoms with Gasteiger partial charge in [-0.15, -0.1) is 0 Å². The fourth-order valence-electron chi connectivity index (χ4n) is 3.23. The zero-order chi connectivity index (χ0) is 21.1. The molecule has 2 unspecified atom stereocenters. The fraction of sp³-hybridized carbons (Fsp3) is 0.409. The normalized spacial score (nSPS) is 17.4. The number of nitrogens with zero attached hydrogens (tertiary/aromatic N) is 2. The first-order chi connectivity index (χ1) is 13.8. The molecule has 2 aromatic rings. The molecule has 1 fully saturated rings. The Morgan fingerprint density at radius 2 is 2.07 bits per heavy atom. The molecular formula is C22H27N3O4. The molecule has 0 bridgehead atoms. The number of aromatic nitrogens is 1. The Morgan fingerprint density at radius 3 is 2.69 bits per heavy atom. The van der Waals surface area contributed by atoms with E-state index >= 15 is 0 Å². The van der Waals surface area contributed by atoms with Crippen molar-refractivity contribution in [1.82, 2.24) is 10.3 Å². The van der Waals surface area contributed by atoms with Crippen LogP contribution < -0.4 is 10.2 Å². The minimum absolute atomic E-state index is 0.114.